The second kappa shape index (κ2) is 7.06. The van der Waals surface area contributed by atoms with Crippen molar-refractivity contribution in [1.29, 1.82) is 0 Å². The van der Waals surface area contributed by atoms with E-state index in [0.717, 1.165) is 22.2 Å². The van der Waals surface area contributed by atoms with Crippen molar-refractivity contribution in [3.63, 3.8) is 0 Å². The average Bonchev–Trinajstić information content (AvgIpc) is 2.89. The molecule has 0 spiro atoms. The second-order valence-electron chi connectivity index (χ2n) is 4.76. The fraction of sp³-hybridized carbons (Fsp3) is 0.500. The largest absolute Gasteiger partial charge is 0.493 e. The third kappa shape index (κ3) is 3.71. The van der Waals surface area contributed by atoms with Gasteiger partial charge in [-0.05, 0) is 24.1 Å². The second-order valence-corrected chi connectivity index (χ2v) is 5.67. The molecule has 1 aromatic carbocycles. The van der Waals surface area contributed by atoms with Crippen molar-refractivity contribution < 1.29 is 14.3 Å². The molecule has 1 aliphatic heterocycles. The van der Waals surface area contributed by atoms with Crippen LogP contribution in [0.1, 0.15) is 17.5 Å². The third-order valence-corrected chi connectivity index (χ3v) is 3.71. The van der Waals surface area contributed by atoms with Crippen LogP contribution in [0.25, 0.3) is 0 Å². The summed E-state index contributed by atoms with van der Waals surface area (Å²) in [6.07, 6.45) is 1.42. The lowest BCUT2D eigenvalue weighted by atomic mass is 10.1. The highest BCUT2D eigenvalue weighted by Gasteiger charge is 2.19. The third-order valence-electron chi connectivity index (χ3n) is 3.25. The molecule has 1 unspecified atom stereocenters. The van der Waals surface area contributed by atoms with Gasteiger partial charge >= 0.3 is 0 Å². The van der Waals surface area contributed by atoms with Crippen molar-refractivity contribution in [3.8, 4) is 5.75 Å². The minimum Gasteiger partial charge on any atom is -0.493 e. The molecule has 5 nitrogen and oxygen atoms in total. The molecule has 0 aromatic heterocycles. The van der Waals surface area contributed by atoms with Gasteiger partial charge in [0.1, 0.15) is 5.75 Å². The number of amides is 1. The number of methoxy groups -OCH3 is 1. The SMILES string of the molecule is COCCC(N)C(=O)NCc1cc(Br)cc2c1OCC2. The monoisotopic (exact) mass is 342 g/mol. The van der Waals surface area contributed by atoms with E-state index in [1.807, 2.05) is 6.07 Å². The quantitative estimate of drug-likeness (QED) is 0.818. The van der Waals surface area contributed by atoms with Crippen LogP contribution in [0.3, 0.4) is 0 Å². The number of nitrogens with two attached hydrogens (primary N) is 1. The summed E-state index contributed by atoms with van der Waals surface area (Å²) in [5.74, 6) is 0.715. The number of ether oxygens (including phenoxy) is 2. The number of rotatable bonds is 6. The van der Waals surface area contributed by atoms with Crippen LogP contribution in [0.2, 0.25) is 0 Å². The Hall–Kier alpha value is -1.11. The minimum absolute atomic E-state index is 0.172. The van der Waals surface area contributed by atoms with Gasteiger partial charge in [0.25, 0.3) is 0 Å². The molecule has 6 heteroatoms. The predicted octanol–water partition coefficient (Wildman–Crippen LogP) is 1.36. The highest BCUT2D eigenvalue weighted by molar-refractivity contribution is 9.10. The predicted molar refractivity (Wildman–Crippen MR) is 79.7 cm³/mol. The summed E-state index contributed by atoms with van der Waals surface area (Å²) in [5.41, 5.74) is 7.92. The molecule has 1 aromatic rings. The first-order valence-electron chi connectivity index (χ1n) is 6.58. The van der Waals surface area contributed by atoms with Gasteiger partial charge < -0.3 is 20.5 Å². The highest BCUT2D eigenvalue weighted by Crippen LogP contribution is 2.32. The molecule has 20 heavy (non-hydrogen) atoms. The molecule has 0 saturated carbocycles. The van der Waals surface area contributed by atoms with Gasteiger partial charge in [-0.2, -0.15) is 0 Å². The van der Waals surface area contributed by atoms with Crippen LogP contribution in [0.4, 0.5) is 0 Å². The van der Waals surface area contributed by atoms with Crippen LogP contribution in [-0.2, 0) is 22.5 Å². The van der Waals surface area contributed by atoms with Gasteiger partial charge in [0.2, 0.25) is 5.91 Å². The zero-order chi connectivity index (χ0) is 14.5. The summed E-state index contributed by atoms with van der Waals surface area (Å²) in [6.45, 7) is 1.59. The molecule has 1 atom stereocenters. The molecule has 1 amide bonds. The Bertz CT molecular complexity index is 494. The number of carbonyl (C=O) groups is 1. The molecule has 3 N–H and O–H groups in total. The maximum atomic E-state index is 11.9. The van der Waals surface area contributed by atoms with Crippen molar-refractivity contribution in [1.82, 2.24) is 5.32 Å². The number of fused-ring (bicyclic) bond motifs is 1. The molecule has 0 fully saturated rings. The van der Waals surface area contributed by atoms with Gasteiger partial charge in [0, 0.05) is 36.7 Å². The number of halogens is 1. The molecule has 2 rings (SSSR count). The van der Waals surface area contributed by atoms with Crippen LogP contribution in [0, 0.1) is 0 Å². The fourth-order valence-electron chi connectivity index (χ4n) is 2.17. The van der Waals surface area contributed by atoms with E-state index >= 15 is 0 Å². The van der Waals surface area contributed by atoms with Crippen LogP contribution >= 0.6 is 15.9 Å². The van der Waals surface area contributed by atoms with Crippen LogP contribution in [0.5, 0.6) is 5.75 Å². The Morgan fingerprint density at radius 1 is 1.60 bits per heavy atom. The van der Waals surface area contributed by atoms with Crippen molar-refractivity contribution >= 4 is 21.8 Å². The lowest BCUT2D eigenvalue weighted by molar-refractivity contribution is -0.122. The number of benzene rings is 1. The lowest BCUT2D eigenvalue weighted by Gasteiger charge is -2.13. The van der Waals surface area contributed by atoms with E-state index in [-0.39, 0.29) is 5.91 Å². The number of hydrogen-bond acceptors (Lipinski definition) is 4. The molecule has 0 bridgehead atoms. The van der Waals surface area contributed by atoms with Gasteiger partial charge in [-0.3, -0.25) is 4.79 Å². The maximum Gasteiger partial charge on any atom is 0.237 e. The first-order valence-corrected chi connectivity index (χ1v) is 7.37. The lowest BCUT2D eigenvalue weighted by Crippen LogP contribution is -2.40. The standard InChI is InChI=1S/C14H19BrN2O3/c1-19-4-3-12(16)14(18)17-8-10-7-11(15)6-9-2-5-20-13(9)10/h6-7,12H,2-5,8,16H2,1H3,(H,17,18). The zero-order valence-electron chi connectivity index (χ0n) is 11.4. The fourth-order valence-corrected chi connectivity index (χ4v) is 2.72. The molecule has 1 aliphatic rings. The van der Waals surface area contributed by atoms with Crippen LogP contribution in [0.15, 0.2) is 16.6 Å². The van der Waals surface area contributed by atoms with E-state index in [1.165, 1.54) is 5.56 Å². The Kier molecular flexibility index (Phi) is 5.39. The Balaban J connectivity index is 1.96. The van der Waals surface area contributed by atoms with E-state index < -0.39 is 6.04 Å². The van der Waals surface area contributed by atoms with E-state index in [9.17, 15) is 4.79 Å². The van der Waals surface area contributed by atoms with Crippen molar-refractivity contribution in [2.45, 2.75) is 25.4 Å². The average molecular weight is 343 g/mol. The van der Waals surface area contributed by atoms with E-state index in [1.54, 1.807) is 7.11 Å². The number of hydrogen-bond donors (Lipinski definition) is 2. The maximum absolute atomic E-state index is 11.9. The summed E-state index contributed by atoms with van der Waals surface area (Å²) in [7, 11) is 1.59. The summed E-state index contributed by atoms with van der Waals surface area (Å²) in [6, 6.07) is 3.47. The van der Waals surface area contributed by atoms with Gasteiger partial charge in [-0.1, -0.05) is 15.9 Å². The van der Waals surface area contributed by atoms with E-state index in [2.05, 4.69) is 27.3 Å². The molecular weight excluding hydrogens is 324 g/mol. The smallest absolute Gasteiger partial charge is 0.237 e. The molecule has 0 radical (unpaired) electrons. The van der Waals surface area contributed by atoms with Crippen molar-refractivity contribution in [3.05, 3.63) is 27.7 Å². The Morgan fingerprint density at radius 3 is 3.15 bits per heavy atom. The Labute approximate surface area is 126 Å². The highest BCUT2D eigenvalue weighted by atomic mass is 79.9. The molecule has 110 valence electrons. The van der Waals surface area contributed by atoms with Gasteiger partial charge in [0.15, 0.2) is 0 Å². The molecule has 0 saturated heterocycles. The van der Waals surface area contributed by atoms with Gasteiger partial charge in [-0.25, -0.2) is 0 Å². The molecule has 0 aliphatic carbocycles. The zero-order valence-corrected chi connectivity index (χ0v) is 13.0. The van der Waals surface area contributed by atoms with Crippen molar-refractivity contribution in [2.24, 2.45) is 5.73 Å². The normalized spacial score (nSPS) is 14.6. The molecule has 1 heterocycles. The topological polar surface area (TPSA) is 73.6 Å². The van der Waals surface area contributed by atoms with Gasteiger partial charge in [0.05, 0.1) is 12.6 Å². The number of nitrogens with one attached hydrogen (secondary N) is 1. The van der Waals surface area contributed by atoms with Crippen LogP contribution in [-0.4, -0.2) is 32.3 Å². The summed E-state index contributed by atoms with van der Waals surface area (Å²) < 4.78 is 11.5. The summed E-state index contributed by atoms with van der Waals surface area (Å²) in [4.78, 5) is 11.9. The van der Waals surface area contributed by atoms with Gasteiger partial charge in [-0.15, -0.1) is 0 Å². The Morgan fingerprint density at radius 2 is 2.40 bits per heavy atom. The summed E-state index contributed by atoms with van der Waals surface area (Å²) >= 11 is 3.48. The van der Waals surface area contributed by atoms with E-state index in [4.69, 9.17) is 15.2 Å². The van der Waals surface area contributed by atoms with E-state index in [0.29, 0.717) is 26.2 Å². The van der Waals surface area contributed by atoms with Crippen molar-refractivity contribution in [2.75, 3.05) is 20.3 Å². The molecular formula is C14H19BrN2O3. The van der Waals surface area contributed by atoms with Crippen LogP contribution < -0.4 is 15.8 Å². The first-order chi connectivity index (χ1) is 9.61. The minimum atomic E-state index is -0.545. The first kappa shape index (κ1) is 15.3. The number of carbonyl (C=O) groups excluding carboxylic acids is 1. The summed E-state index contributed by atoms with van der Waals surface area (Å²) in [5, 5.41) is 2.84.